The van der Waals surface area contributed by atoms with Crippen molar-refractivity contribution in [1.29, 1.82) is 0 Å². The molecule has 3 fully saturated rings. The predicted molar refractivity (Wildman–Crippen MR) is 125 cm³/mol. The van der Waals surface area contributed by atoms with Crippen LogP contribution in [-0.4, -0.2) is 70.2 Å². The van der Waals surface area contributed by atoms with Gasteiger partial charge in [-0.2, -0.15) is 0 Å². The van der Waals surface area contributed by atoms with Crippen molar-refractivity contribution < 1.29 is 24.2 Å². The van der Waals surface area contributed by atoms with Crippen molar-refractivity contribution in [2.45, 2.75) is 109 Å². The van der Waals surface area contributed by atoms with Crippen molar-refractivity contribution in [3.63, 3.8) is 0 Å². The molecule has 0 aliphatic carbocycles. The van der Waals surface area contributed by atoms with Crippen molar-refractivity contribution >= 4 is 17.7 Å². The van der Waals surface area contributed by atoms with Crippen LogP contribution in [0.1, 0.15) is 80.6 Å². The Morgan fingerprint density at radius 2 is 1.82 bits per heavy atom. The zero-order valence-corrected chi connectivity index (χ0v) is 21.6. The van der Waals surface area contributed by atoms with Gasteiger partial charge in [0.15, 0.2) is 0 Å². The quantitative estimate of drug-likeness (QED) is 0.508. The minimum Gasteiger partial charge on any atom is -0.394 e. The third kappa shape index (κ3) is 4.07. The number of carbonyl (C=O) groups is 3. The molecule has 3 amide bonds. The molecule has 3 saturated heterocycles. The summed E-state index contributed by atoms with van der Waals surface area (Å²) >= 11 is 0. The van der Waals surface area contributed by atoms with Gasteiger partial charge in [-0.1, -0.05) is 34.6 Å². The van der Waals surface area contributed by atoms with Gasteiger partial charge in [-0.25, -0.2) is 0 Å². The number of aliphatic hydroxyl groups excluding tert-OH is 1. The second-order valence-corrected chi connectivity index (χ2v) is 12.0. The Bertz CT molecular complexity index is 802. The summed E-state index contributed by atoms with van der Waals surface area (Å²) in [7, 11) is 1.57. The summed E-state index contributed by atoms with van der Waals surface area (Å²) in [6.07, 6.45) is 3.02. The van der Waals surface area contributed by atoms with Gasteiger partial charge in [0.25, 0.3) is 0 Å². The molecule has 3 aliphatic heterocycles. The van der Waals surface area contributed by atoms with Crippen molar-refractivity contribution in [2.24, 2.45) is 17.3 Å². The Morgan fingerprint density at radius 1 is 1.18 bits per heavy atom. The average molecular weight is 466 g/mol. The van der Waals surface area contributed by atoms with E-state index < -0.39 is 40.7 Å². The van der Waals surface area contributed by atoms with Crippen molar-refractivity contribution in [2.75, 3.05) is 13.7 Å². The summed E-state index contributed by atoms with van der Waals surface area (Å²) in [4.78, 5) is 42.4. The lowest BCUT2D eigenvalue weighted by molar-refractivity contribution is -0.151. The number of hydrogen-bond acceptors (Lipinski definition) is 5. The Hall–Kier alpha value is -1.67. The molecular weight excluding hydrogens is 422 g/mol. The molecule has 8 heteroatoms. The third-order valence-electron chi connectivity index (χ3n) is 7.91. The van der Waals surface area contributed by atoms with Gasteiger partial charge in [0, 0.05) is 12.6 Å². The molecule has 3 heterocycles. The SMILES string of the molecule is CC[C@@H](CO)N1C(=O)[C@@H]2[C@H](C(=O)NC)[C@]3(CC)CCC2(O3)C1C(=O)NC(C)(C)CC(C)(C)C. The molecule has 1 spiro atoms. The second kappa shape index (κ2) is 8.52. The van der Waals surface area contributed by atoms with E-state index in [1.165, 1.54) is 4.90 Å². The highest BCUT2D eigenvalue weighted by Gasteiger charge is 2.79. The normalized spacial score (nSPS) is 34.4. The van der Waals surface area contributed by atoms with Crippen molar-refractivity contribution in [1.82, 2.24) is 15.5 Å². The Balaban J connectivity index is 2.08. The van der Waals surface area contributed by atoms with Crippen LogP contribution in [0.5, 0.6) is 0 Å². The fourth-order valence-electron chi connectivity index (χ4n) is 7.09. The molecule has 0 radical (unpaired) electrons. The van der Waals surface area contributed by atoms with E-state index in [2.05, 4.69) is 31.4 Å². The number of aliphatic hydroxyl groups is 1. The maximum absolute atomic E-state index is 13.9. The number of nitrogens with one attached hydrogen (secondary N) is 2. The van der Waals surface area contributed by atoms with Gasteiger partial charge >= 0.3 is 0 Å². The smallest absolute Gasteiger partial charge is 0.246 e. The molecule has 33 heavy (non-hydrogen) atoms. The highest BCUT2D eigenvalue weighted by atomic mass is 16.5. The van der Waals surface area contributed by atoms with Gasteiger partial charge in [0.2, 0.25) is 17.7 Å². The maximum Gasteiger partial charge on any atom is 0.246 e. The maximum atomic E-state index is 13.9. The first-order valence-electron chi connectivity index (χ1n) is 12.4. The number of nitrogens with zero attached hydrogens (tertiary/aromatic N) is 1. The second-order valence-electron chi connectivity index (χ2n) is 12.0. The number of rotatable bonds is 8. The van der Waals surface area contributed by atoms with Crippen LogP contribution in [0.3, 0.4) is 0 Å². The average Bonchev–Trinajstić information content (AvgIpc) is 3.30. The monoisotopic (exact) mass is 465 g/mol. The number of hydrogen-bond donors (Lipinski definition) is 3. The molecule has 3 aliphatic rings. The van der Waals surface area contributed by atoms with E-state index in [4.69, 9.17) is 4.74 Å². The van der Waals surface area contributed by atoms with E-state index in [0.717, 1.165) is 6.42 Å². The van der Waals surface area contributed by atoms with Gasteiger partial charge in [-0.15, -0.1) is 0 Å². The molecule has 8 nitrogen and oxygen atoms in total. The minimum absolute atomic E-state index is 0.00126. The fourth-order valence-corrected chi connectivity index (χ4v) is 7.09. The Morgan fingerprint density at radius 3 is 2.30 bits per heavy atom. The summed E-state index contributed by atoms with van der Waals surface area (Å²) in [5.74, 6) is -2.12. The molecule has 0 aromatic carbocycles. The summed E-state index contributed by atoms with van der Waals surface area (Å²) < 4.78 is 6.68. The topological polar surface area (TPSA) is 108 Å². The van der Waals surface area contributed by atoms with Crippen LogP contribution in [0.25, 0.3) is 0 Å². The molecule has 188 valence electrons. The standard InChI is InChI=1S/C25H43N3O5/c1-9-15(13-29)28-18(20(31)27-23(6,7)14-22(3,4)5)25-12-11-24(10-2,33-25)16(19(30)26-8)17(25)21(28)32/h15-18,29H,9-14H2,1-8H3,(H,26,30)(H,27,31)/t15-,16+,17-,18?,24-,25?/m0/s1. The van der Waals surface area contributed by atoms with Crippen LogP contribution in [0.2, 0.25) is 0 Å². The summed E-state index contributed by atoms with van der Waals surface area (Å²) in [5.41, 5.74) is -2.31. The Labute approximate surface area is 198 Å². The highest BCUT2D eigenvalue weighted by Crippen LogP contribution is 2.64. The molecular formula is C25H43N3O5. The fraction of sp³-hybridized carbons (Fsp3) is 0.880. The minimum atomic E-state index is -1.06. The van der Waals surface area contributed by atoms with E-state index in [1.807, 2.05) is 27.7 Å². The van der Waals surface area contributed by atoms with Crippen molar-refractivity contribution in [3.05, 3.63) is 0 Å². The number of carbonyl (C=O) groups excluding carboxylic acids is 3. The highest BCUT2D eigenvalue weighted by molar-refractivity contribution is 5.99. The van der Waals surface area contributed by atoms with Gasteiger partial charge in [0.1, 0.15) is 11.6 Å². The molecule has 0 saturated carbocycles. The number of likely N-dealkylation sites (tertiary alicyclic amines) is 1. The van der Waals surface area contributed by atoms with Gasteiger partial charge < -0.3 is 25.4 Å². The van der Waals surface area contributed by atoms with E-state index in [-0.39, 0.29) is 29.7 Å². The lowest BCUT2D eigenvalue weighted by atomic mass is 9.65. The van der Waals surface area contributed by atoms with E-state index in [9.17, 15) is 19.5 Å². The first kappa shape index (κ1) is 25.9. The lowest BCUT2D eigenvalue weighted by Gasteiger charge is -2.40. The van der Waals surface area contributed by atoms with Crippen LogP contribution < -0.4 is 10.6 Å². The molecule has 2 unspecified atom stereocenters. The zero-order valence-electron chi connectivity index (χ0n) is 21.6. The van der Waals surface area contributed by atoms with Crippen LogP contribution in [0.4, 0.5) is 0 Å². The zero-order chi connectivity index (χ0) is 25.0. The first-order chi connectivity index (χ1) is 15.2. The molecule has 0 aromatic rings. The van der Waals surface area contributed by atoms with E-state index in [0.29, 0.717) is 25.7 Å². The van der Waals surface area contributed by atoms with Gasteiger partial charge in [-0.05, 0) is 51.4 Å². The summed E-state index contributed by atoms with van der Waals surface area (Å²) in [5, 5.41) is 16.0. The number of ether oxygens (including phenoxy) is 1. The van der Waals surface area contributed by atoms with Crippen molar-refractivity contribution in [3.8, 4) is 0 Å². The van der Waals surface area contributed by atoms with Crippen LogP contribution in [0.15, 0.2) is 0 Å². The first-order valence-corrected chi connectivity index (χ1v) is 12.4. The lowest BCUT2D eigenvalue weighted by Crippen LogP contribution is -2.61. The van der Waals surface area contributed by atoms with Crippen LogP contribution >= 0.6 is 0 Å². The van der Waals surface area contributed by atoms with Crippen LogP contribution in [-0.2, 0) is 19.1 Å². The molecule has 3 rings (SSSR count). The Kier molecular flexibility index (Phi) is 6.70. The van der Waals surface area contributed by atoms with Gasteiger partial charge in [-0.3, -0.25) is 14.4 Å². The summed E-state index contributed by atoms with van der Waals surface area (Å²) in [6, 6.07) is -1.39. The van der Waals surface area contributed by atoms with E-state index >= 15 is 0 Å². The van der Waals surface area contributed by atoms with Gasteiger partial charge in [0.05, 0.1) is 30.1 Å². The largest absolute Gasteiger partial charge is 0.394 e. The number of fused-ring (bicyclic) bond motifs is 1. The number of amides is 3. The van der Waals surface area contributed by atoms with Crippen LogP contribution in [0, 0.1) is 17.3 Å². The summed E-state index contributed by atoms with van der Waals surface area (Å²) in [6.45, 7) is 14.0. The molecule has 3 N–H and O–H groups in total. The molecule has 6 atom stereocenters. The third-order valence-corrected chi connectivity index (χ3v) is 7.91. The molecule has 0 aromatic heterocycles. The van der Waals surface area contributed by atoms with E-state index in [1.54, 1.807) is 7.05 Å². The predicted octanol–water partition coefficient (Wildman–Crippen LogP) is 1.99. The molecule has 2 bridgehead atoms.